The fourth-order valence-corrected chi connectivity index (χ4v) is 2.60. The molecule has 0 fully saturated rings. The summed E-state index contributed by atoms with van der Waals surface area (Å²) in [7, 11) is -3.96. The van der Waals surface area contributed by atoms with E-state index >= 15 is 0 Å². The molecule has 0 amide bonds. The molecule has 0 bridgehead atoms. The summed E-state index contributed by atoms with van der Waals surface area (Å²) in [5.41, 5.74) is -0.0502. The number of sulfonamides is 1. The van der Waals surface area contributed by atoms with Crippen LogP contribution in [0, 0.1) is 11.3 Å². The first-order valence-electron chi connectivity index (χ1n) is 5.32. The van der Waals surface area contributed by atoms with Crippen LogP contribution < -0.4 is 4.72 Å². The quantitative estimate of drug-likeness (QED) is 0.846. The van der Waals surface area contributed by atoms with Crippen LogP contribution in [0.25, 0.3) is 0 Å². The second-order valence-corrected chi connectivity index (χ2v) is 5.46. The van der Waals surface area contributed by atoms with E-state index in [9.17, 15) is 21.6 Å². The van der Waals surface area contributed by atoms with E-state index in [1.807, 2.05) is 4.72 Å². The van der Waals surface area contributed by atoms with E-state index in [0.29, 0.717) is 0 Å². The van der Waals surface area contributed by atoms with Crippen LogP contribution >= 0.6 is 0 Å². The van der Waals surface area contributed by atoms with Crippen LogP contribution in [0.15, 0.2) is 29.2 Å². The number of hydrogen-bond acceptors (Lipinski definition) is 3. The van der Waals surface area contributed by atoms with E-state index in [1.165, 1.54) is 24.3 Å². The molecule has 19 heavy (non-hydrogen) atoms. The molecule has 0 atom stereocenters. The van der Waals surface area contributed by atoms with Gasteiger partial charge in [-0.25, -0.2) is 13.1 Å². The highest BCUT2D eigenvalue weighted by Gasteiger charge is 2.26. The van der Waals surface area contributed by atoms with Gasteiger partial charge in [-0.2, -0.15) is 18.4 Å². The zero-order chi connectivity index (χ0) is 14.5. The monoisotopic (exact) mass is 292 g/mol. The standard InChI is InChI=1S/C11H11F3N2O2S/c12-11(13,14)6-3-7-16-19(17,18)10-5-2-1-4-9(10)8-15/h1-2,4-5,16H,3,6-7H2. The molecule has 0 radical (unpaired) electrons. The molecule has 4 nitrogen and oxygen atoms in total. The largest absolute Gasteiger partial charge is 0.389 e. The van der Waals surface area contributed by atoms with E-state index in [-0.39, 0.29) is 23.4 Å². The Labute approximate surface area is 108 Å². The molecular formula is C11H11F3N2O2S. The molecule has 0 aromatic heterocycles. The van der Waals surface area contributed by atoms with Crippen molar-refractivity contribution >= 4 is 10.0 Å². The Morgan fingerprint density at radius 1 is 1.26 bits per heavy atom. The van der Waals surface area contributed by atoms with Crippen LogP contribution in [0.1, 0.15) is 18.4 Å². The summed E-state index contributed by atoms with van der Waals surface area (Å²) in [6.45, 7) is -0.332. The highest BCUT2D eigenvalue weighted by Crippen LogP contribution is 2.21. The Hall–Kier alpha value is -1.59. The summed E-state index contributed by atoms with van der Waals surface area (Å²) in [6, 6.07) is 7.20. The van der Waals surface area contributed by atoms with Gasteiger partial charge in [0.25, 0.3) is 0 Å². The normalized spacial score (nSPS) is 12.1. The molecule has 0 aliphatic heterocycles. The molecule has 0 saturated heterocycles. The molecule has 0 heterocycles. The van der Waals surface area contributed by atoms with Gasteiger partial charge in [0.05, 0.1) is 10.5 Å². The molecule has 1 rings (SSSR count). The predicted molar refractivity (Wildman–Crippen MR) is 61.6 cm³/mol. The maximum absolute atomic E-state index is 11.9. The topological polar surface area (TPSA) is 70.0 Å². The number of nitriles is 1. The number of halogens is 3. The molecule has 0 spiro atoms. The lowest BCUT2D eigenvalue weighted by molar-refractivity contribution is -0.135. The van der Waals surface area contributed by atoms with Crippen LogP contribution in [0.4, 0.5) is 13.2 Å². The van der Waals surface area contributed by atoms with Crippen LogP contribution in [0.5, 0.6) is 0 Å². The van der Waals surface area contributed by atoms with Gasteiger partial charge in [0, 0.05) is 13.0 Å². The van der Waals surface area contributed by atoms with Gasteiger partial charge < -0.3 is 0 Å². The lowest BCUT2D eigenvalue weighted by atomic mass is 10.2. The van der Waals surface area contributed by atoms with Crippen LogP contribution in [0.2, 0.25) is 0 Å². The van der Waals surface area contributed by atoms with Crippen molar-refractivity contribution in [2.45, 2.75) is 23.9 Å². The van der Waals surface area contributed by atoms with Crippen molar-refractivity contribution in [1.82, 2.24) is 4.72 Å². The summed E-state index contributed by atoms with van der Waals surface area (Å²) in [5, 5.41) is 8.77. The van der Waals surface area contributed by atoms with Crippen molar-refractivity contribution in [2.75, 3.05) is 6.54 Å². The summed E-state index contributed by atoms with van der Waals surface area (Å²) in [6.07, 6.45) is -5.72. The number of nitrogens with zero attached hydrogens (tertiary/aromatic N) is 1. The van der Waals surface area contributed by atoms with E-state index in [0.717, 1.165) is 0 Å². The van der Waals surface area contributed by atoms with Crippen molar-refractivity contribution in [2.24, 2.45) is 0 Å². The number of alkyl halides is 3. The summed E-state index contributed by atoms with van der Waals surface area (Å²) >= 11 is 0. The minimum atomic E-state index is -4.31. The Balaban J connectivity index is 2.70. The summed E-state index contributed by atoms with van der Waals surface area (Å²) < 4.78 is 61.3. The zero-order valence-corrected chi connectivity index (χ0v) is 10.6. The molecule has 104 valence electrons. The van der Waals surface area contributed by atoms with Gasteiger partial charge in [-0.3, -0.25) is 0 Å². The highest BCUT2D eigenvalue weighted by molar-refractivity contribution is 7.89. The second-order valence-electron chi connectivity index (χ2n) is 3.72. The van der Waals surface area contributed by atoms with Gasteiger partial charge in [0.2, 0.25) is 10.0 Å². The van der Waals surface area contributed by atoms with E-state index < -0.39 is 22.6 Å². The highest BCUT2D eigenvalue weighted by atomic mass is 32.2. The Kier molecular flexibility index (Phi) is 4.91. The van der Waals surface area contributed by atoms with Crippen LogP contribution in [-0.2, 0) is 10.0 Å². The fourth-order valence-electron chi connectivity index (χ4n) is 1.37. The van der Waals surface area contributed by atoms with Gasteiger partial charge in [0.15, 0.2) is 0 Å². The average molecular weight is 292 g/mol. The Bertz CT molecular complexity index is 576. The average Bonchev–Trinajstić information content (AvgIpc) is 2.33. The van der Waals surface area contributed by atoms with Gasteiger partial charge in [0.1, 0.15) is 6.07 Å². The number of benzene rings is 1. The van der Waals surface area contributed by atoms with Crippen molar-refractivity contribution in [1.29, 1.82) is 5.26 Å². The van der Waals surface area contributed by atoms with Gasteiger partial charge in [-0.15, -0.1) is 0 Å². The minimum Gasteiger partial charge on any atom is -0.211 e. The zero-order valence-electron chi connectivity index (χ0n) is 9.74. The van der Waals surface area contributed by atoms with E-state index in [2.05, 4.69) is 0 Å². The van der Waals surface area contributed by atoms with Crippen molar-refractivity contribution < 1.29 is 21.6 Å². The first kappa shape index (κ1) is 15.5. The molecule has 1 aromatic carbocycles. The van der Waals surface area contributed by atoms with Gasteiger partial charge >= 0.3 is 6.18 Å². The molecule has 8 heteroatoms. The van der Waals surface area contributed by atoms with Crippen molar-refractivity contribution in [3.05, 3.63) is 29.8 Å². The Morgan fingerprint density at radius 2 is 1.89 bits per heavy atom. The predicted octanol–water partition coefficient (Wildman–Crippen LogP) is 2.18. The lowest BCUT2D eigenvalue weighted by Crippen LogP contribution is -2.26. The SMILES string of the molecule is N#Cc1ccccc1S(=O)(=O)NCCCC(F)(F)F. The molecule has 0 saturated carbocycles. The number of nitrogens with one attached hydrogen (secondary N) is 1. The van der Waals surface area contributed by atoms with Gasteiger partial charge in [-0.05, 0) is 18.6 Å². The lowest BCUT2D eigenvalue weighted by Gasteiger charge is -2.09. The molecular weight excluding hydrogens is 281 g/mol. The summed E-state index contributed by atoms with van der Waals surface area (Å²) in [4.78, 5) is -0.232. The molecule has 1 N–H and O–H groups in total. The summed E-state index contributed by atoms with van der Waals surface area (Å²) in [5.74, 6) is 0. The third-order valence-electron chi connectivity index (χ3n) is 2.23. The van der Waals surface area contributed by atoms with E-state index in [1.54, 1.807) is 6.07 Å². The minimum absolute atomic E-state index is 0.0502. The Morgan fingerprint density at radius 3 is 2.47 bits per heavy atom. The smallest absolute Gasteiger partial charge is 0.211 e. The molecule has 0 unspecified atom stereocenters. The maximum atomic E-state index is 11.9. The fraction of sp³-hybridized carbons (Fsp3) is 0.364. The van der Waals surface area contributed by atoms with Crippen LogP contribution in [-0.4, -0.2) is 21.1 Å². The second kappa shape index (κ2) is 6.04. The molecule has 1 aromatic rings. The van der Waals surface area contributed by atoms with Gasteiger partial charge in [-0.1, -0.05) is 12.1 Å². The molecule has 0 aliphatic carbocycles. The first-order valence-corrected chi connectivity index (χ1v) is 6.80. The number of rotatable bonds is 5. The molecule has 0 aliphatic rings. The maximum Gasteiger partial charge on any atom is 0.389 e. The third-order valence-corrected chi connectivity index (χ3v) is 3.75. The van der Waals surface area contributed by atoms with Crippen LogP contribution in [0.3, 0.4) is 0 Å². The van der Waals surface area contributed by atoms with E-state index in [4.69, 9.17) is 5.26 Å². The van der Waals surface area contributed by atoms with Crippen molar-refractivity contribution in [3.63, 3.8) is 0 Å². The number of hydrogen-bond donors (Lipinski definition) is 1. The third kappa shape index (κ3) is 4.89. The first-order chi connectivity index (χ1) is 8.76. The van der Waals surface area contributed by atoms with Crippen molar-refractivity contribution in [3.8, 4) is 6.07 Å².